The standard InChI is InChI=1S/C49H28N2/c1-3-13-34-32(11-1)33-12-2-4-14-35(33)41-28-39-31(26-40(34)41)27-42-38(45-22-21-30-20-19-29-10-9-25-50-47(29)48(30)51-45)23-24-49(46(39)42)43-17-7-5-15-36(43)37-16-6-8-18-44(37)49/h1-28H. The minimum atomic E-state index is -0.445. The van der Waals surface area contributed by atoms with Gasteiger partial charge in [0.2, 0.25) is 0 Å². The summed E-state index contributed by atoms with van der Waals surface area (Å²) in [5.41, 5.74) is 11.4. The summed E-state index contributed by atoms with van der Waals surface area (Å²) < 4.78 is 0. The van der Waals surface area contributed by atoms with Crippen LogP contribution in [0.1, 0.15) is 16.8 Å². The van der Waals surface area contributed by atoms with Gasteiger partial charge >= 0.3 is 0 Å². The van der Waals surface area contributed by atoms with Crippen LogP contribution in [0.25, 0.3) is 82.5 Å². The van der Waals surface area contributed by atoms with E-state index in [1.54, 1.807) is 0 Å². The first-order valence-corrected chi connectivity index (χ1v) is 17.7. The molecule has 2 aromatic heterocycles. The van der Waals surface area contributed by atoms with Gasteiger partial charge in [0.05, 0.1) is 22.1 Å². The predicted octanol–water partition coefficient (Wildman–Crippen LogP) is 10.2. The van der Waals surface area contributed by atoms with Gasteiger partial charge in [-0.15, -0.1) is 0 Å². The zero-order valence-electron chi connectivity index (χ0n) is 27.6. The molecule has 3 aliphatic carbocycles. The van der Waals surface area contributed by atoms with Crippen molar-refractivity contribution < 1.29 is 0 Å². The van der Waals surface area contributed by atoms with Crippen molar-refractivity contribution in [2.75, 3.05) is 0 Å². The monoisotopic (exact) mass is 644 g/mol. The Kier molecular flexibility index (Phi) is 5.20. The number of pyridine rings is 2. The zero-order valence-corrected chi connectivity index (χ0v) is 27.6. The van der Waals surface area contributed by atoms with Crippen molar-refractivity contribution in [3.63, 3.8) is 0 Å². The summed E-state index contributed by atoms with van der Waals surface area (Å²) in [7, 11) is 0. The Morgan fingerprint density at radius 2 is 1.06 bits per heavy atom. The molecule has 1 spiro atoms. The van der Waals surface area contributed by atoms with Gasteiger partial charge in [0.1, 0.15) is 0 Å². The predicted molar refractivity (Wildman–Crippen MR) is 212 cm³/mol. The number of fused-ring (bicyclic) bond motifs is 17. The number of benzene rings is 7. The van der Waals surface area contributed by atoms with Crippen LogP contribution in [0.15, 0.2) is 170 Å². The van der Waals surface area contributed by atoms with Crippen LogP contribution in [0, 0.1) is 0 Å². The molecule has 0 unspecified atom stereocenters. The summed E-state index contributed by atoms with van der Waals surface area (Å²) in [5, 5.41) is 12.5. The molecule has 0 radical (unpaired) electrons. The minimum Gasteiger partial charge on any atom is -0.254 e. The van der Waals surface area contributed by atoms with Crippen molar-refractivity contribution in [2.45, 2.75) is 5.41 Å². The average Bonchev–Trinajstić information content (AvgIpc) is 3.71. The first kappa shape index (κ1) is 27.2. The van der Waals surface area contributed by atoms with Crippen LogP contribution >= 0.6 is 0 Å². The molecule has 0 fully saturated rings. The Morgan fingerprint density at radius 1 is 0.471 bits per heavy atom. The van der Waals surface area contributed by atoms with Crippen LogP contribution < -0.4 is 10.4 Å². The van der Waals surface area contributed by atoms with Crippen molar-refractivity contribution in [2.24, 2.45) is 0 Å². The van der Waals surface area contributed by atoms with Gasteiger partial charge < -0.3 is 0 Å². The van der Waals surface area contributed by atoms with Gasteiger partial charge in [-0.1, -0.05) is 133 Å². The summed E-state index contributed by atoms with van der Waals surface area (Å²) in [6.45, 7) is 0. The minimum absolute atomic E-state index is 0.445. The fraction of sp³-hybridized carbons (Fsp3) is 0.0204. The maximum absolute atomic E-state index is 5.39. The summed E-state index contributed by atoms with van der Waals surface area (Å²) in [5.74, 6) is 0. The van der Waals surface area contributed by atoms with Crippen LogP contribution in [0.5, 0.6) is 0 Å². The van der Waals surface area contributed by atoms with Gasteiger partial charge in [0, 0.05) is 22.5 Å². The SMILES string of the molecule is C1=CC2(C3=c4cc5c6ccccc6c6ccccc6c5cc4=CC3=C1c1ccc3ccc4cccnc4c3n1)c1ccccc1-c1ccccc12. The molecule has 51 heavy (non-hydrogen) atoms. The van der Waals surface area contributed by atoms with E-state index in [9.17, 15) is 0 Å². The fourth-order valence-electron chi connectivity index (χ4n) is 9.51. The van der Waals surface area contributed by atoms with E-state index < -0.39 is 5.41 Å². The number of allylic oxidation sites excluding steroid dienone is 4. The molecular formula is C49H28N2. The lowest BCUT2D eigenvalue weighted by Crippen LogP contribution is -2.34. The second-order valence-electron chi connectivity index (χ2n) is 14.1. The Bertz CT molecular complexity index is 3210. The lowest BCUT2D eigenvalue weighted by Gasteiger charge is -2.35. The molecule has 12 rings (SSSR count). The fourth-order valence-corrected chi connectivity index (χ4v) is 9.51. The number of hydrogen-bond donors (Lipinski definition) is 0. The highest BCUT2D eigenvalue weighted by atomic mass is 14.8. The highest BCUT2D eigenvalue weighted by Crippen LogP contribution is 2.58. The number of hydrogen-bond acceptors (Lipinski definition) is 2. The lowest BCUT2D eigenvalue weighted by molar-refractivity contribution is 0.861. The molecule has 0 N–H and O–H groups in total. The Labute approximate surface area is 293 Å². The maximum atomic E-state index is 5.39. The summed E-state index contributed by atoms with van der Waals surface area (Å²) in [4.78, 5) is 10.2. The zero-order chi connectivity index (χ0) is 33.3. The molecule has 9 aromatic rings. The summed E-state index contributed by atoms with van der Waals surface area (Å²) in [6.07, 6.45) is 9.11. The molecule has 2 heterocycles. The molecule has 2 heteroatoms. The third-order valence-electron chi connectivity index (χ3n) is 11.6. The van der Waals surface area contributed by atoms with Crippen LogP contribution in [0.4, 0.5) is 0 Å². The van der Waals surface area contributed by atoms with Crippen LogP contribution in [0.2, 0.25) is 0 Å². The van der Waals surface area contributed by atoms with E-state index in [-0.39, 0.29) is 0 Å². The largest absolute Gasteiger partial charge is 0.254 e. The van der Waals surface area contributed by atoms with E-state index in [2.05, 4.69) is 158 Å². The van der Waals surface area contributed by atoms with E-state index in [1.807, 2.05) is 12.3 Å². The molecule has 234 valence electrons. The van der Waals surface area contributed by atoms with Crippen LogP contribution in [-0.2, 0) is 5.41 Å². The van der Waals surface area contributed by atoms with Gasteiger partial charge in [-0.05, 0) is 106 Å². The number of nitrogens with zero attached hydrogens (tertiary/aromatic N) is 2. The van der Waals surface area contributed by atoms with Crippen molar-refractivity contribution >= 4 is 71.3 Å². The van der Waals surface area contributed by atoms with E-state index in [0.29, 0.717) is 0 Å². The Morgan fingerprint density at radius 3 is 1.76 bits per heavy atom. The smallest absolute Gasteiger partial charge is 0.0972 e. The average molecular weight is 645 g/mol. The number of aromatic nitrogens is 2. The first-order chi connectivity index (χ1) is 25.3. The second-order valence-corrected chi connectivity index (χ2v) is 14.1. The van der Waals surface area contributed by atoms with E-state index in [0.717, 1.165) is 33.1 Å². The second kappa shape index (κ2) is 9.74. The highest BCUT2D eigenvalue weighted by Gasteiger charge is 2.48. The molecular weight excluding hydrogens is 617 g/mol. The van der Waals surface area contributed by atoms with Crippen molar-refractivity contribution in [3.05, 3.63) is 197 Å². The molecule has 0 saturated heterocycles. The molecule has 7 aromatic carbocycles. The van der Waals surface area contributed by atoms with E-state index >= 15 is 0 Å². The van der Waals surface area contributed by atoms with Crippen molar-refractivity contribution in [3.8, 4) is 11.1 Å². The normalized spacial score (nSPS) is 15.2. The quantitative estimate of drug-likeness (QED) is 0.166. The molecule has 0 saturated carbocycles. The first-order valence-electron chi connectivity index (χ1n) is 17.7. The third kappa shape index (κ3) is 3.46. The maximum Gasteiger partial charge on any atom is 0.0972 e. The van der Waals surface area contributed by atoms with Crippen molar-refractivity contribution in [1.82, 2.24) is 9.97 Å². The Balaban J connectivity index is 1.25. The third-order valence-corrected chi connectivity index (χ3v) is 11.6. The topological polar surface area (TPSA) is 25.8 Å². The van der Waals surface area contributed by atoms with Gasteiger partial charge in [0.15, 0.2) is 0 Å². The van der Waals surface area contributed by atoms with Crippen LogP contribution in [-0.4, -0.2) is 9.97 Å². The molecule has 0 bridgehead atoms. The molecule has 3 aliphatic rings. The summed E-state index contributed by atoms with van der Waals surface area (Å²) in [6, 6.07) is 53.5. The van der Waals surface area contributed by atoms with Crippen molar-refractivity contribution in [1.29, 1.82) is 0 Å². The van der Waals surface area contributed by atoms with Crippen LogP contribution in [0.3, 0.4) is 0 Å². The molecule has 0 amide bonds. The lowest BCUT2D eigenvalue weighted by atomic mass is 9.66. The van der Waals surface area contributed by atoms with E-state index in [1.165, 1.54) is 76.2 Å². The summed E-state index contributed by atoms with van der Waals surface area (Å²) >= 11 is 0. The highest BCUT2D eigenvalue weighted by molar-refractivity contribution is 6.25. The molecule has 0 aliphatic heterocycles. The van der Waals surface area contributed by atoms with Gasteiger partial charge in [-0.3, -0.25) is 4.98 Å². The Hall–Kier alpha value is -6.64. The van der Waals surface area contributed by atoms with Gasteiger partial charge in [-0.2, -0.15) is 0 Å². The number of rotatable bonds is 1. The van der Waals surface area contributed by atoms with Gasteiger partial charge in [0.25, 0.3) is 0 Å². The molecule has 0 atom stereocenters. The van der Waals surface area contributed by atoms with Gasteiger partial charge in [-0.25, -0.2) is 4.98 Å². The van der Waals surface area contributed by atoms with E-state index in [4.69, 9.17) is 9.97 Å². The molecule has 2 nitrogen and oxygen atoms in total.